The summed E-state index contributed by atoms with van der Waals surface area (Å²) in [5.41, 5.74) is 3.46. The minimum Gasteiger partial charge on any atom is -0.492 e. The molecule has 0 unspecified atom stereocenters. The number of anilines is 1. The summed E-state index contributed by atoms with van der Waals surface area (Å²) in [5.74, 6) is 0.902. The molecule has 24 heavy (non-hydrogen) atoms. The van der Waals surface area contributed by atoms with Gasteiger partial charge in [-0.2, -0.15) is 0 Å². The Morgan fingerprint density at radius 1 is 1.17 bits per heavy atom. The highest BCUT2D eigenvalue weighted by Crippen LogP contribution is 2.25. The smallest absolute Gasteiger partial charge is 0.245 e. The van der Waals surface area contributed by atoms with Crippen molar-refractivity contribution in [2.24, 2.45) is 0 Å². The van der Waals surface area contributed by atoms with Crippen LogP contribution in [-0.4, -0.2) is 30.0 Å². The van der Waals surface area contributed by atoms with Crippen molar-refractivity contribution in [1.82, 2.24) is 4.90 Å². The van der Waals surface area contributed by atoms with Crippen molar-refractivity contribution in [3.8, 4) is 5.75 Å². The molecule has 0 fully saturated rings. The Morgan fingerprint density at radius 3 is 2.67 bits per heavy atom. The predicted octanol–water partition coefficient (Wildman–Crippen LogP) is 3.47. The monoisotopic (exact) mass is 324 g/mol. The number of hydrogen-bond donors (Lipinski definition) is 1. The Labute approximate surface area is 143 Å². The fraction of sp³-hybridized carbons (Fsp3) is 0.350. The number of rotatable bonds is 5. The van der Waals surface area contributed by atoms with Gasteiger partial charge in [-0.1, -0.05) is 36.4 Å². The summed E-state index contributed by atoms with van der Waals surface area (Å²) < 4.78 is 5.62. The lowest BCUT2D eigenvalue weighted by Gasteiger charge is -2.31. The van der Waals surface area contributed by atoms with E-state index < -0.39 is 0 Å². The number of nitrogens with one attached hydrogen (secondary N) is 1. The second-order valence-electron chi connectivity index (χ2n) is 6.07. The molecule has 0 saturated carbocycles. The first-order valence-electron chi connectivity index (χ1n) is 8.53. The Morgan fingerprint density at radius 2 is 1.88 bits per heavy atom. The maximum Gasteiger partial charge on any atom is 0.245 e. The van der Waals surface area contributed by atoms with Crippen molar-refractivity contribution in [1.29, 1.82) is 0 Å². The topological polar surface area (TPSA) is 41.6 Å². The Bertz CT molecular complexity index is 714. The van der Waals surface area contributed by atoms with Crippen LogP contribution in [0.4, 0.5) is 5.69 Å². The fourth-order valence-electron chi connectivity index (χ4n) is 3.12. The predicted molar refractivity (Wildman–Crippen MR) is 96.3 cm³/mol. The first-order valence-corrected chi connectivity index (χ1v) is 8.53. The molecule has 1 aliphatic rings. The van der Waals surface area contributed by atoms with Crippen LogP contribution in [0, 0.1) is 0 Å². The number of carbonyl (C=O) groups excluding carboxylic acids is 1. The molecule has 1 aliphatic heterocycles. The van der Waals surface area contributed by atoms with E-state index in [1.54, 1.807) is 0 Å². The van der Waals surface area contributed by atoms with Crippen LogP contribution in [0.5, 0.6) is 5.75 Å². The van der Waals surface area contributed by atoms with Gasteiger partial charge in [0.15, 0.2) is 0 Å². The van der Waals surface area contributed by atoms with E-state index >= 15 is 0 Å². The van der Waals surface area contributed by atoms with Crippen LogP contribution in [0.2, 0.25) is 0 Å². The molecule has 0 aromatic heterocycles. The SMILES string of the molecule is CCOc1ccccc1N[C@H](C)C(=O)N1CCc2ccccc2C1. The van der Waals surface area contributed by atoms with Gasteiger partial charge in [-0.25, -0.2) is 0 Å². The van der Waals surface area contributed by atoms with Crippen LogP contribution in [0.15, 0.2) is 48.5 Å². The third kappa shape index (κ3) is 3.53. The third-order valence-electron chi connectivity index (χ3n) is 4.37. The number of ether oxygens (including phenoxy) is 1. The summed E-state index contributed by atoms with van der Waals surface area (Å²) in [6.45, 7) is 5.93. The van der Waals surface area contributed by atoms with Gasteiger partial charge in [0, 0.05) is 13.1 Å². The van der Waals surface area contributed by atoms with E-state index in [1.165, 1.54) is 11.1 Å². The van der Waals surface area contributed by atoms with Crippen LogP contribution >= 0.6 is 0 Å². The van der Waals surface area contributed by atoms with Crippen LogP contribution < -0.4 is 10.1 Å². The van der Waals surface area contributed by atoms with Gasteiger partial charge in [-0.05, 0) is 43.5 Å². The summed E-state index contributed by atoms with van der Waals surface area (Å²) in [7, 11) is 0. The van der Waals surface area contributed by atoms with Crippen LogP contribution in [0.1, 0.15) is 25.0 Å². The average Bonchev–Trinajstić information content (AvgIpc) is 2.62. The lowest BCUT2D eigenvalue weighted by Crippen LogP contribution is -2.43. The number of amides is 1. The van der Waals surface area contributed by atoms with E-state index in [0.717, 1.165) is 24.4 Å². The van der Waals surface area contributed by atoms with E-state index in [1.807, 2.05) is 49.1 Å². The molecule has 126 valence electrons. The number of benzene rings is 2. The van der Waals surface area contributed by atoms with Gasteiger partial charge in [-0.3, -0.25) is 4.79 Å². The Hall–Kier alpha value is -2.49. The number of para-hydroxylation sites is 2. The molecular weight excluding hydrogens is 300 g/mol. The van der Waals surface area contributed by atoms with Crippen molar-refractivity contribution in [3.05, 3.63) is 59.7 Å². The first-order chi connectivity index (χ1) is 11.7. The zero-order valence-corrected chi connectivity index (χ0v) is 14.3. The van der Waals surface area contributed by atoms with Crippen LogP contribution in [-0.2, 0) is 17.8 Å². The Balaban J connectivity index is 1.68. The van der Waals surface area contributed by atoms with Crippen molar-refractivity contribution < 1.29 is 9.53 Å². The van der Waals surface area contributed by atoms with Crippen molar-refractivity contribution >= 4 is 11.6 Å². The molecular formula is C20H24N2O2. The number of hydrogen-bond acceptors (Lipinski definition) is 3. The molecule has 4 heteroatoms. The standard InChI is InChI=1S/C20H24N2O2/c1-3-24-19-11-7-6-10-18(19)21-15(2)20(23)22-13-12-16-8-4-5-9-17(16)14-22/h4-11,15,21H,3,12-14H2,1-2H3/t15-/m1/s1. The second kappa shape index (κ2) is 7.39. The molecule has 1 heterocycles. The van der Waals surface area contributed by atoms with E-state index in [2.05, 4.69) is 23.5 Å². The van der Waals surface area contributed by atoms with E-state index in [9.17, 15) is 4.79 Å². The van der Waals surface area contributed by atoms with Gasteiger partial charge < -0.3 is 15.0 Å². The molecule has 0 bridgehead atoms. The summed E-state index contributed by atoms with van der Waals surface area (Å²) in [4.78, 5) is 14.7. The molecule has 0 aliphatic carbocycles. The fourth-order valence-corrected chi connectivity index (χ4v) is 3.12. The summed E-state index contributed by atoms with van der Waals surface area (Å²) in [5, 5.41) is 3.30. The molecule has 1 N–H and O–H groups in total. The van der Waals surface area contributed by atoms with E-state index in [4.69, 9.17) is 4.74 Å². The highest BCUT2D eigenvalue weighted by atomic mass is 16.5. The molecule has 3 rings (SSSR count). The summed E-state index contributed by atoms with van der Waals surface area (Å²) in [6, 6.07) is 15.8. The van der Waals surface area contributed by atoms with Crippen LogP contribution in [0.3, 0.4) is 0 Å². The van der Waals surface area contributed by atoms with Gasteiger partial charge >= 0.3 is 0 Å². The highest BCUT2D eigenvalue weighted by Gasteiger charge is 2.24. The van der Waals surface area contributed by atoms with Crippen molar-refractivity contribution in [2.45, 2.75) is 32.9 Å². The van der Waals surface area contributed by atoms with Gasteiger partial charge in [0.25, 0.3) is 0 Å². The molecule has 2 aromatic carbocycles. The van der Waals surface area contributed by atoms with Gasteiger partial charge in [0.2, 0.25) is 5.91 Å². The molecule has 0 spiro atoms. The molecule has 0 radical (unpaired) electrons. The third-order valence-corrected chi connectivity index (χ3v) is 4.37. The largest absolute Gasteiger partial charge is 0.492 e. The van der Waals surface area contributed by atoms with Crippen LogP contribution in [0.25, 0.3) is 0 Å². The van der Waals surface area contributed by atoms with Crippen molar-refractivity contribution in [3.63, 3.8) is 0 Å². The maximum atomic E-state index is 12.8. The molecule has 1 amide bonds. The van der Waals surface area contributed by atoms with Gasteiger partial charge in [0.05, 0.1) is 12.3 Å². The number of fused-ring (bicyclic) bond motifs is 1. The molecule has 1 atom stereocenters. The minimum atomic E-state index is -0.295. The summed E-state index contributed by atoms with van der Waals surface area (Å²) in [6.07, 6.45) is 0.921. The number of nitrogens with zero attached hydrogens (tertiary/aromatic N) is 1. The summed E-state index contributed by atoms with van der Waals surface area (Å²) >= 11 is 0. The van der Waals surface area contributed by atoms with E-state index in [-0.39, 0.29) is 11.9 Å². The zero-order valence-electron chi connectivity index (χ0n) is 14.3. The lowest BCUT2D eigenvalue weighted by molar-refractivity contribution is -0.132. The molecule has 0 saturated heterocycles. The van der Waals surface area contributed by atoms with Gasteiger partial charge in [0.1, 0.15) is 11.8 Å². The Kier molecular flexibility index (Phi) is 5.04. The first kappa shape index (κ1) is 16.4. The number of carbonyl (C=O) groups is 1. The molecule has 4 nitrogen and oxygen atoms in total. The maximum absolute atomic E-state index is 12.8. The second-order valence-corrected chi connectivity index (χ2v) is 6.07. The lowest BCUT2D eigenvalue weighted by atomic mass is 9.99. The normalized spacial score (nSPS) is 14.7. The average molecular weight is 324 g/mol. The molecule has 2 aromatic rings. The highest BCUT2D eigenvalue weighted by molar-refractivity contribution is 5.85. The zero-order chi connectivity index (χ0) is 16.9. The minimum absolute atomic E-state index is 0.121. The van der Waals surface area contributed by atoms with E-state index in [0.29, 0.717) is 13.2 Å². The quantitative estimate of drug-likeness (QED) is 0.915. The van der Waals surface area contributed by atoms with Crippen molar-refractivity contribution in [2.75, 3.05) is 18.5 Å². The van der Waals surface area contributed by atoms with Gasteiger partial charge in [-0.15, -0.1) is 0 Å².